The Hall–Kier alpha value is -3.31. The third-order valence-electron chi connectivity index (χ3n) is 8.61. The number of nitriles is 1. The summed E-state index contributed by atoms with van der Waals surface area (Å²) in [5.41, 5.74) is 4.17. The summed E-state index contributed by atoms with van der Waals surface area (Å²) in [5, 5.41) is 17.7. The van der Waals surface area contributed by atoms with Gasteiger partial charge in [0.05, 0.1) is 16.7 Å². The maximum absolute atomic E-state index is 15.0. The van der Waals surface area contributed by atoms with Crippen LogP contribution in [0.5, 0.6) is 0 Å². The van der Waals surface area contributed by atoms with Crippen molar-refractivity contribution in [3.05, 3.63) is 52.0 Å². The Morgan fingerprint density at radius 2 is 1.86 bits per heavy atom. The number of piperidine rings is 1. The Bertz CT molecular complexity index is 1640. The van der Waals surface area contributed by atoms with Crippen LogP contribution in [0.1, 0.15) is 34.5 Å². The van der Waals surface area contributed by atoms with Crippen molar-refractivity contribution in [3.63, 3.8) is 0 Å². The molecule has 0 spiro atoms. The van der Waals surface area contributed by atoms with Crippen LogP contribution in [0.2, 0.25) is 0 Å². The van der Waals surface area contributed by atoms with E-state index in [-0.39, 0.29) is 27.0 Å². The highest BCUT2D eigenvalue weighted by molar-refractivity contribution is 7.18. The second-order valence-corrected chi connectivity index (χ2v) is 12.5. The van der Waals surface area contributed by atoms with E-state index < -0.39 is 18.4 Å². The number of anilines is 1. The van der Waals surface area contributed by atoms with E-state index in [4.69, 9.17) is 0 Å². The topological polar surface area (TPSA) is 85.0 Å². The van der Waals surface area contributed by atoms with Crippen LogP contribution in [0.4, 0.5) is 23.4 Å². The van der Waals surface area contributed by atoms with Gasteiger partial charge in [-0.05, 0) is 43.0 Å². The van der Waals surface area contributed by atoms with E-state index in [0.29, 0.717) is 5.69 Å². The van der Waals surface area contributed by atoms with Gasteiger partial charge < -0.3 is 15.2 Å². The van der Waals surface area contributed by atoms with Gasteiger partial charge in [-0.1, -0.05) is 6.07 Å². The number of aryl methyl sites for hydroxylation is 1. The first-order valence-corrected chi connectivity index (χ1v) is 15.4. The fourth-order valence-electron chi connectivity index (χ4n) is 6.22. The Kier molecular flexibility index (Phi) is 8.55. The quantitative estimate of drug-likeness (QED) is 0.269. The van der Waals surface area contributed by atoms with Crippen LogP contribution in [0.3, 0.4) is 0 Å². The van der Waals surface area contributed by atoms with E-state index in [1.165, 1.54) is 17.5 Å². The molecule has 2 aliphatic rings. The first-order valence-electron chi connectivity index (χ1n) is 14.6. The number of hydrogen-bond donors (Lipinski definition) is 2. The lowest BCUT2D eigenvalue weighted by Crippen LogP contribution is -2.44. The first-order chi connectivity index (χ1) is 20.7. The molecule has 0 radical (unpaired) electrons. The summed E-state index contributed by atoms with van der Waals surface area (Å²) in [6, 6.07) is 8.71. The van der Waals surface area contributed by atoms with Crippen molar-refractivity contribution in [2.24, 2.45) is 0 Å². The summed E-state index contributed by atoms with van der Waals surface area (Å²) < 4.78 is 55.8. The van der Waals surface area contributed by atoms with E-state index in [9.17, 15) is 22.8 Å². The smallest absolute Gasteiger partial charge is 0.367 e. The van der Waals surface area contributed by atoms with E-state index in [1.54, 1.807) is 0 Å². The number of nitrogens with one attached hydrogen (secondary N) is 2. The van der Waals surface area contributed by atoms with E-state index in [1.807, 2.05) is 6.07 Å². The van der Waals surface area contributed by atoms with Crippen molar-refractivity contribution >= 4 is 38.3 Å². The number of rotatable bonds is 8. The summed E-state index contributed by atoms with van der Waals surface area (Å²) >= 11 is 0.725. The van der Waals surface area contributed by atoms with Crippen molar-refractivity contribution in [2.45, 2.75) is 51.5 Å². The molecule has 4 aromatic rings. The number of likely N-dealkylation sites (tertiary alicyclic amines) is 1. The molecule has 0 saturated carbocycles. The number of piperazine rings is 1. The lowest BCUT2D eigenvalue weighted by molar-refractivity contribution is -0.127. The minimum atomic E-state index is -4.49. The number of benzene rings is 1. The third-order valence-corrected chi connectivity index (χ3v) is 9.68. The number of halogens is 4. The van der Waals surface area contributed by atoms with Crippen molar-refractivity contribution in [2.75, 3.05) is 51.1 Å². The predicted octanol–water partition coefficient (Wildman–Crippen LogP) is 5.05. The van der Waals surface area contributed by atoms with Crippen molar-refractivity contribution in [1.82, 2.24) is 29.7 Å². The molecule has 1 aromatic carbocycles. The van der Waals surface area contributed by atoms with E-state index in [0.717, 1.165) is 94.0 Å². The zero-order valence-electron chi connectivity index (χ0n) is 24.0. The predicted molar refractivity (Wildman–Crippen MR) is 160 cm³/mol. The number of thiophene rings is 1. The number of hydrogen-bond acceptors (Lipinski definition) is 8. The molecule has 228 valence electrons. The average Bonchev–Trinajstić information content (AvgIpc) is 3.51. The second-order valence-electron chi connectivity index (χ2n) is 11.4. The fraction of sp³-hybridized carbons (Fsp3) is 0.500. The second kappa shape index (κ2) is 12.4. The van der Waals surface area contributed by atoms with Gasteiger partial charge in [0.25, 0.3) is 0 Å². The van der Waals surface area contributed by atoms with Gasteiger partial charge in [-0.2, -0.15) is 18.4 Å². The first kappa shape index (κ1) is 29.7. The lowest BCUT2D eigenvalue weighted by Gasteiger charge is -2.33. The summed E-state index contributed by atoms with van der Waals surface area (Å²) in [6.07, 6.45) is -2.97. The number of nitrogens with zero attached hydrogens (tertiary/aromatic N) is 6. The molecule has 0 atom stereocenters. The Balaban J connectivity index is 1.10. The average molecular weight is 615 g/mol. The molecule has 3 aromatic heterocycles. The monoisotopic (exact) mass is 614 g/mol. The SMILES string of the molecule is Cc1c(CN2CCC(Nc3ncnc4sc(CC(F)(F)F)c(F)c34)CC2)ccc2c1cc(C#N)n2CCN1CCNCC1. The van der Waals surface area contributed by atoms with Crippen LogP contribution >= 0.6 is 11.3 Å². The fourth-order valence-corrected chi connectivity index (χ4v) is 7.27. The van der Waals surface area contributed by atoms with E-state index >= 15 is 0 Å². The largest absolute Gasteiger partial charge is 0.393 e. The molecule has 13 heteroatoms. The van der Waals surface area contributed by atoms with Crippen molar-refractivity contribution < 1.29 is 17.6 Å². The number of fused-ring (bicyclic) bond motifs is 2. The van der Waals surface area contributed by atoms with Crippen LogP contribution < -0.4 is 10.6 Å². The van der Waals surface area contributed by atoms with Crippen LogP contribution in [-0.2, 0) is 19.5 Å². The molecule has 43 heavy (non-hydrogen) atoms. The van der Waals surface area contributed by atoms with Crippen molar-refractivity contribution in [3.8, 4) is 6.07 Å². The molecule has 2 fully saturated rings. The Labute approximate surface area is 251 Å². The standard InChI is InChI=1S/C30H34F4N8S/c1-19-20(2-3-24-23(19)14-22(16-35)42(24)13-12-40-10-6-36-7-11-40)17-41-8-4-21(5-9-41)39-28-26-27(31)25(15-30(32,33)34)43-29(26)38-18-37-28/h2-3,14,18,21,36H,4-13,15,17H2,1H3,(H,37,38,39). The number of aromatic nitrogens is 3. The Morgan fingerprint density at radius 1 is 1.09 bits per heavy atom. The molecule has 2 N–H and O–H groups in total. The molecule has 0 unspecified atom stereocenters. The Morgan fingerprint density at radius 3 is 2.58 bits per heavy atom. The normalized spacial score (nSPS) is 17.6. The van der Waals surface area contributed by atoms with Gasteiger partial charge in [0.15, 0.2) is 5.82 Å². The van der Waals surface area contributed by atoms with Crippen LogP contribution in [0.15, 0.2) is 24.5 Å². The lowest BCUT2D eigenvalue weighted by atomic mass is 10.0. The summed E-state index contributed by atoms with van der Waals surface area (Å²) in [5.74, 6) is -0.636. The zero-order chi connectivity index (χ0) is 30.1. The molecule has 8 nitrogen and oxygen atoms in total. The highest BCUT2D eigenvalue weighted by atomic mass is 32.1. The minimum absolute atomic E-state index is 0.0196. The molecular weight excluding hydrogens is 580 g/mol. The van der Waals surface area contributed by atoms with E-state index in [2.05, 4.69) is 60.1 Å². The highest BCUT2D eigenvalue weighted by Gasteiger charge is 2.32. The molecule has 6 rings (SSSR count). The van der Waals surface area contributed by atoms with Gasteiger partial charge in [0.2, 0.25) is 0 Å². The number of alkyl halides is 3. The maximum Gasteiger partial charge on any atom is 0.393 e. The van der Waals surface area contributed by atoms with Gasteiger partial charge in [-0.3, -0.25) is 9.80 Å². The van der Waals surface area contributed by atoms with Crippen LogP contribution in [0, 0.1) is 24.1 Å². The van der Waals surface area contributed by atoms with Gasteiger partial charge in [-0.15, -0.1) is 11.3 Å². The summed E-state index contributed by atoms with van der Waals surface area (Å²) in [6.45, 7) is 10.3. The molecular formula is C30H34F4N8S. The van der Waals surface area contributed by atoms with Gasteiger partial charge in [-0.25, -0.2) is 14.4 Å². The van der Waals surface area contributed by atoms with Gasteiger partial charge in [0, 0.05) is 75.8 Å². The van der Waals surface area contributed by atoms with Gasteiger partial charge >= 0.3 is 6.18 Å². The highest BCUT2D eigenvalue weighted by Crippen LogP contribution is 2.36. The van der Waals surface area contributed by atoms with Crippen LogP contribution in [-0.4, -0.2) is 82.4 Å². The molecule has 2 aliphatic heterocycles. The zero-order valence-corrected chi connectivity index (χ0v) is 24.8. The molecule has 0 amide bonds. The maximum atomic E-state index is 15.0. The molecule has 5 heterocycles. The minimum Gasteiger partial charge on any atom is -0.367 e. The van der Waals surface area contributed by atoms with Crippen molar-refractivity contribution in [1.29, 1.82) is 5.26 Å². The summed E-state index contributed by atoms with van der Waals surface area (Å²) in [4.78, 5) is 12.8. The molecule has 0 aliphatic carbocycles. The molecule has 2 saturated heterocycles. The summed E-state index contributed by atoms with van der Waals surface area (Å²) in [7, 11) is 0. The third kappa shape index (κ3) is 6.47. The molecule has 0 bridgehead atoms. The van der Waals surface area contributed by atoms with Crippen LogP contribution in [0.25, 0.3) is 21.1 Å². The van der Waals surface area contributed by atoms with Gasteiger partial charge in [0.1, 0.15) is 28.7 Å².